The molecule has 0 aliphatic carbocycles. The van der Waals surface area contributed by atoms with E-state index in [1.807, 2.05) is 42.3 Å². The monoisotopic (exact) mass is 478 g/mol. The van der Waals surface area contributed by atoms with E-state index in [0.717, 1.165) is 18.7 Å². The second-order valence-corrected chi connectivity index (χ2v) is 8.49. The smallest absolute Gasteiger partial charge is 0.274 e. The molecule has 3 aromatic rings. The number of aromatic nitrogens is 1. The van der Waals surface area contributed by atoms with Crippen molar-refractivity contribution in [2.45, 2.75) is 12.5 Å². The minimum atomic E-state index is -0.722. The molecule has 1 aromatic heterocycles. The van der Waals surface area contributed by atoms with Crippen molar-refractivity contribution >= 4 is 11.8 Å². The molecule has 2 amide bonds. The number of hydrogen-bond donors (Lipinski definition) is 1. The SMILES string of the molecule is COc1ccc(OC)c(-c2cc(C(=O)N[C@H](Cc3ccccc3)C(=O)N3CCN(C)CC3)no2)c1. The zero-order chi connectivity index (χ0) is 24.8. The lowest BCUT2D eigenvalue weighted by Crippen LogP contribution is -2.55. The fourth-order valence-corrected chi connectivity index (χ4v) is 4.05. The molecule has 2 aromatic carbocycles. The van der Waals surface area contributed by atoms with Gasteiger partial charge in [0.1, 0.15) is 17.5 Å². The molecular weight excluding hydrogens is 448 g/mol. The highest BCUT2D eigenvalue weighted by Gasteiger charge is 2.29. The Morgan fingerprint density at radius 2 is 1.77 bits per heavy atom. The Morgan fingerprint density at radius 1 is 1.03 bits per heavy atom. The number of carbonyl (C=O) groups excluding carboxylic acids is 2. The number of hydrogen-bond acceptors (Lipinski definition) is 7. The largest absolute Gasteiger partial charge is 0.497 e. The Hall–Kier alpha value is -3.85. The van der Waals surface area contributed by atoms with Gasteiger partial charge in [0.25, 0.3) is 5.91 Å². The fourth-order valence-electron chi connectivity index (χ4n) is 4.05. The molecule has 9 nitrogen and oxygen atoms in total. The molecule has 4 rings (SSSR count). The Kier molecular flexibility index (Phi) is 7.67. The third-order valence-electron chi connectivity index (χ3n) is 6.12. The van der Waals surface area contributed by atoms with Crippen LogP contribution in [-0.4, -0.2) is 80.3 Å². The molecule has 0 bridgehead atoms. The fraction of sp³-hybridized carbons (Fsp3) is 0.346. The summed E-state index contributed by atoms with van der Waals surface area (Å²) in [6, 6.07) is 15.7. The first-order valence-corrected chi connectivity index (χ1v) is 11.5. The van der Waals surface area contributed by atoms with Crippen molar-refractivity contribution in [2.24, 2.45) is 0 Å². The van der Waals surface area contributed by atoms with Crippen LogP contribution in [0.25, 0.3) is 11.3 Å². The topological polar surface area (TPSA) is 97.1 Å². The van der Waals surface area contributed by atoms with Gasteiger partial charge in [-0.15, -0.1) is 0 Å². The highest BCUT2D eigenvalue weighted by atomic mass is 16.5. The maximum absolute atomic E-state index is 13.4. The summed E-state index contributed by atoms with van der Waals surface area (Å²) in [5, 5.41) is 6.83. The lowest BCUT2D eigenvalue weighted by molar-refractivity contribution is -0.134. The number of benzene rings is 2. The maximum atomic E-state index is 13.4. The zero-order valence-corrected chi connectivity index (χ0v) is 20.2. The third kappa shape index (κ3) is 5.81. The highest BCUT2D eigenvalue weighted by Crippen LogP contribution is 2.33. The first-order chi connectivity index (χ1) is 17.0. The van der Waals surface area contributed by atoms with E-state index in [1.165, 1.54) is 6.07 Å². The summed E-state index contributed by atoms with van der Waals surface area (Å²) >= 11 is 0. The molecule has 35 heavy (non-hydrogen) atoms. The lowest BCUT2D eigenvalue weighted by atomic mass is 10.0. The summed E-state index contributed by atoms with van der Waals surface area (Å²) < 4.78 is 16.2. The lowest BCUT2D eigenvalue weighted by Gasteiger charge is -2.34. The van der Waals surface area contributed by atoms with Gasteiger partial charge in [-0.3, -0.25) is 9.59 Å². The second kappa shape index (κ2) is 11.1. The Balaban J connectivity index is 1.54. The summed E-state index contributed by atoms with van der Waals surface area (Å²) in [6.07, 6.45) is 0.381. The number of nitrogens with one attached hydrogen (secondary N) is 1. The number of methoxy groups -OCH3 is 2. The minimum absolute atomic E-state index is 0.0779. The average molecular weight is 479 g/mol. The molecule has 2 heterocycles. The summed E-state index contributed by atoms with van der Waals surface area (Å²) in [5.41, 5.74) is 1.64. The van der Waals surface area contributed by atoms with Gasteiger partial charge in [0.2, 0.25) is 5.91 Å². The molecule has 0 spiro atoms. The summed E-state index contributed by atoms with van der Waals surface area (Å²) in [7, 11) is 5.15. The maximum Gasteiger partial charge on any atom is 0.274 e. The van der Waals surface area contributed by atoms with Gasteiger partial charge in [0, 0.05) is 38.7 Å². The predicted octanol–water partition coefficient (Wildman–Crippen LogP) is 2.47. The number of likely N-dealkylation sites (N-methyl/N-ethyl adjacent to an activating group) is 1. The van der Waals surface area contributed by atoms with Crippen LogP contribution in [0.2, 0.25) is 0 Å². The van der Waals surface area contributed by atoms with E-state index in [-0.39, 0.29) is 11.6 Å². The number of nitrogens with zero attached hydrogens (tertiary/aromatic N) is 3. The van der Waals surface area contributed by atoms with Crippen LogP contribution in [0.15, 0.2) is 59.1 Å². The number of carbonyl (C=O) groups is 2. The normalized spacial score (nSPS) is 14.9. The molecular formula is C26H30N4O5. The Morgan fingerprint density at radius 3 is 2.46 bits per heavy atom. The summed E-state index contributed by atoms with van der Waals surface area (Å²) in [5.74, 6) is 0.944. The predicted molar refractivity (Wildman–Crippen MR) is 131 cm³/mol. The third-order valence-corrected chi connectivity index (χ3v) is 6.12. The van der Waals surface area contributed by atoms with E-state index < -0.39 is 11.9 Å². The average Bonchev–Trinajstić information content (AvgIpc) is 3.39. The van der Waals surface area contributed by atoms with Crippen molar-refractivity contribution < 1.29 is 23.6 Å². The van der Waals surface area contributed by atoms with Gasteiger partial charge < -0.3 is 29.1 Å². The molecule has 184 valence electrons. The first-order valence-electron chi connectivity index (χ1n) is 11.5. The molecule has 1 N–H and O–H groups in total. The van der Waals surface area contributed by atoms with E-state index in [1.54, 1.807) is 32.4 Å². The second-order valence-electron chi connectivity index (χ2n) is 8.49. The summed E-state index contributed by atoms with van der Waals surface area (Å²) in [6.45, 7) is 2.85. The van der Waals surface area contributed by atoms with Gasteiger partial charge in [-0.1, -0.05) is 35.5 Å². The van der Waals surface area contributed by atoms with Crippen molar-refractivity contribution in [1.29, 1.82) is 0 Å². The van der Waals surface area contributed by atoms with Crippen LogP contribution in [0, 0.1) is 0 Å². The van der Waals surface area contributed by atoms with E-state index in [4.69, 9.17) is 14.0 Å². The number of rotatable bonds is 8. The van der Waals surface area contributed by atoms with Crippen LogP contribution in [0.5, 0.6) is 11.5 Å². The number of ether oxygens (including phenoxy) is 2. The van der Waals surface area contributed by atoms with Crippen molar-refractivity contribution in [3.8, 4) is 22.8 Å². The van der Waals surface area contributed by atoms with E-state index in [2.05, 4.69) is 15.4 Å². The quantitative estimate of drug-likeness (QED) is 0.531. The van der Waals surface area contributed by atoms with Crippen molar-refractivity contribution in [3.05, 3.63) is 65.9 Å². The Labute approximate surface area is 204 Å². The van der Waals surface area contributed by atoms with Crippen LogP contribution in [0.4, 0.5) is 0 Å². The minimum Gasteiger partial charge on any atom is -0.497 e. The van der Waals surface area contributed by atoms with Gasteiger partial charge in [-0.05, 0) is 30.8 Å². The first kappa shape index (κ1) is 24.3. The molecule has 1 saturated heterocycles. The van der Waals surface area contributed by atoms with Gasteiger partial charge in [0.05, 0.1) is 19.8 Å². The van der Waals surface area contributed by atoms with Gasteiger partial charge in [0.15, 0.2) is 11.5 Å². The Bertz CT molecular complexity index is 1160. The van der Waals surface area contributed by atoms with E-state index in [9.17, 15) is 9.59 Å². The van der Waals surface area contributed by atoms with Gasteiger partial charge >= 0.3 is 0 Å². The van der Waals surface area contributed by atoms with Crippen LogP contribution in [0.3, 0.4) is 0 Å². The molecule has 1 aliphatic rings. The molecule has 9 heteroatoms. The van der Waals surface area contributed by atoms with Gasteiger partial charge in [-0.25, -0.2) is 0 Å². The van der Waals surface area contributed by atoms with Crippen LogP contribution < -0.4 is 14.8 Å². The molecule has 0 saturated carbocycles. The molecule has 0 radical (unpaired) electrons. The van der Waals surface area contributed by atoms with Crippen LogP contribution >= 0.6 is 0 Å². The highest BCUT2D eigenvalue weighted by molar-refractivity contribution is 5.97. The van der Waals surface area contributed by atoms with Crippen LogP contribution in [-0.2, 0) is 11.2 Å². The van der Waals surface area contributed by atoms with E-state index >= 15 is 0 Å². The number of amides is 2. The standard InChI is InChI=1S/C26H30N4O5/c1-29-11-13-30(14-12-29)26(32)22(15-18-7-5-4-6-8-18)27-25(31)21-17-24(35-28-21)20-16-19(33-2)9-10-23(20)34-3/h4-10,16-17,22H,11-15H2,1-3H3,(H,27,31)/t22-/m1/s1. The van der Waals surface area contributed by atoms with E-state index in [0.29, 0.717) is 42.3 Å². The van der Waals surface area contributed by atoms with Gasteiger partial charge in [-0.2, -0.15) is 0 Å². The molecule has 1 fully saturated rings. The number of piperazine rings is 1. The van der Waals surface area contributed by atoms with Crippen molar-refractivity contribution in [1.82, 2.24) is 20.3 Å². The summed E-state index contributed by atoms with van der Waals surface area (Å²) in [4.78, 5) is 30.5. The molecule has 0 unspecified atom stereocenters. The molecule has 1 atom stereocenters. The molecule has 1 aliphatic heterocycles. The van der Waals surface area contributed by atoms with Crippen LogP contribution in [0.1, 0.15) is 16.1 Å². The van der Waals surface area contributed by atoms with Crippen molar-refractivity contribution in [3.63, 3.8) is 0 Å². The zero-order valence-electron chi connectivity index (χ0n) is 20.2. The van der Waals surface area contributed by atoms with Crippen molar-refractivity contribution in [2.75, 3.05) is 47.4 Å².